The Kier molecular flexibility index (Phi) is 2.78. The lowest BCUT2D eigenvalue weighted by Gasteiger charge is -2.10. The van der Waals surface area contributed by atoms with Crippen LogP contribution >= 0.6 is 0 Å². The summed E-state index contributed by atoms with van der Waals surface area (Å²) in [6, 6.07) is 0. The first-order valence-corrected chi connectivity index (χ1v) is 6.46. The van der Waals surface area contributed by atoms with Gasteiger partial charge in [-0.1, -0.05) is 6.92 Å². The van der Waals surface area contributed by atoms with E-state index in [1.165, 1.54) is 4.57 Å². The number of nitrogens with zero attached hydrogens (tertiary/aromatic N) is 2. The van der Waals surface area contributed by atoms with Crippen LogP contribution in [0.1, 0.15) is 32.2 Å². The number of aromatic amines is 2. The quantitative estimate of drug-likeness (QED) is 0.827. The molecule has 0 saturated carbocycles. The standard InChI is InChI=1S/C12H16N4O3/c1-3-16-10-7(11(17)15-12(16)18)13-9(14-10)8-6(2)4-5-19-8/h6,8H,3-5H2,1-2H3,(H,13,14)(H,15,17,18). The lowest BCUT2D eigenvalue weighted by molar-refractivity contribution is 0.0882. The lowest BCUT2D eigenvalue weighted by atomic mass is 10.0. The maximum absolute atomic E-state index is 11.8. The van der Waals surface area contributed by atoms with Crippen LogP contribution in [0.2, 0.25) is 0 Å². The minimum atomic E-state index is -0.436. The number of fused-ring (bicyclic) bond motifs is 1. The van der Waals surface area contributed by atoms with Crippen molar-refractivity contribution < 1.29 is 4.74 Å². The van der Waals surface area contributed by atoms with Gasteiger partial charge in [0.25, 0.3) is 5.56 Å². The van der Waals surface area contributed by atoms with Gasteiger partial charge < -0.3 is 9.72 Å². The summed E-state index contributed by atoms with van der Waals surface area (Å²) in [6.45, 7) is 5.07. The van der Waals surface area contributed by atoms with Gasteiger partial charge >= 0.3 is 5.69 Å². The molecule has 102 valence electrons. The fourth-order valence-electron chi connectivity index (χ4n) is 2.53. The van der Waals surface area contributed by atoms with Gasteiger partial charge in [0.1, 0.15) is 17.4 Å². The molecule has 7 heteroatoms. The van der Waals surface area contributed by atoms with E-state index in [-0.39, 0.29) is 6.10 Å². The summed E-state index contributed by atoms with van der Waals surface area (Å²) in [4.78, 5) is 33.2. The molecule has 0 aromatic carbocycles. The zero-order chi connectivity index (χ0) is 13.6. The second-order valence-corrected chi connectivity index (χ2v) is 4.88. The van der Waals surface area contributed by atoms with Gasteiger partial charge in [-0.05, 0) is 19.3 Å². The third-order valence-corrected chi connectivity index (χ3v) is 3.62. The summed E-state index contributed by atoms with van der Waals surface area (Å²) < 4.78 is 7.07. The SMILES string of the molecule is CCn1c(=O)[nH]c(=O)c2[nH]c(C3OCCC3C)nc21. The number of aryl methyl sites for hydroxylation is 1. The average Bonchev–Trinajstić information content (AvgIpc) is 2.95. The second-order valence-electron chi connectivity index (χ2n) is 4.88. The van der Waals surface area contributed by atoms with E-state index in [1.807, 2.05) is 6.92 Å². The van der Waals surface area contributed by atoms with Crippen LogP contribution in [0.25, 0.3) is 11.2 Å². The van der Waals surface area contributed by atoms with E-state index in [1.54, 1.807) is 0 Å². The fraction of sp³-hybridized carbons (Fsp3) is 0.583. The van der Waals surface area contributed by atoms with Crippen molar-refractivity contribution in [2.24, 2.45) is 5.92 Å². The van der Waals surface area contributed by atoms with E-state index >= 15 is 0 Å². The van der Waals surface area contributed by atoms with Crippen LogP contribution in [0.4, 0.5) is 0 Å². The Labute approximate surface area is 108 Å². The molecule has 19 heavy (non-hydrogen) atoms. The molecule has 0 bridgehead atoms. The molecule has 1 aliphatic rings. The van der Waals surface area contributed by atoms with Crippen LogP contribution in [0, 0.1) is 5.92 Å². The Hall–Kier alpha value is -1.89. The molecule has 3 heterocycles. The van der Waals surface area contributed by atoms with Crippen LogP contribution in [0.3, 0.4) is 0 Å². The van der Waals surface area contributed by atoms with Crippen molar-refractivity contribution in [2.75, 3.05) is 6.61 Å². The predicted molar refractivity (Wildman–Crippen MR) is 69.1 cm³/mol. The van der Waals surface area contributed by atoms with Gasteiger partial charge in [0.15, 0.2) is 5.65 Å². The van der Waals surface area contributed by atoms with Crippen molar-refractivity contribution in [3.8, 4) is 0 Å². The molecule has 2 N–H and O–H groups in total. The first-order valence-electron chi connectivity index (χ1n) is 6.46. The van der Waals surface area contributed by atoms with Crippen LogP contribution in [-0.4, -0.2) is 26.1 Å². The number of rotatable bonds is 2. The molecule has 2 unspecified atom stereocenters. The molecular formula is C12H16N4O3. The first-order chi connectivity index (χ1) is 9.11. The van der Waals surface area contributed by atoms with Crippen molar-refractivity contribution in [2.45, 2.75) is 32.9 Å². The number of nitrogens with one attached hydrogen (secondary N) is 2. The van der Waals surface area contributed by atoms with Gasteiger partial charge in [0.05, 0.1) is 0 Å². The Bertz CT molecular complexity index is 727. The smallest absolute Gasteiger partial charge is 0.330 e. The van der Waals surface area contributed by atoms with Crippen LogP contribution in [-0.2, 0) is 11.3 Å². The maximum Gasteiger partial charge on any atom is 0.330 e. The van der Waals surface area contributed by atoms with E-state index < -0.39 is 11.2 Å². The number of ether oxygens (including phenoxy) is 1. The molecule has 0 spiro atoms. The summed E-state index contributed by atoms with van der Waals surface area (Å²) in [5.74, 6) is 0.972. The molecule has 1 saturated heterocycles. The number of hydrogen-bond donors (Lipinski definition) is 2. The molecule has 3 rings (SSSR count). The summed E-state index contributed by atoms with van der Waals surface area (Å²) in [7, 11) is 0. The Balaban J connectivity index is 2.23. The average molecular weight is 264 g/mol. The molecule has 7 nitrogen and oxygen atoms in total. The largest absolute Gasteiger partial charge is 0.370 e. The molecule has 2 aromatic heterocycles. The van der Waals surface area contributed by atoms with Gasteiger partial charge in [0.2, 0.25) is 0 Å². The third kappa shape index (κ3) is 1.81. The normalized spacial score (nSPS) is 23.3. The van der Waals surface area contributed by atoms with E-state index in [0.29, 0.717) is 36.1 Å². The molecular weight excluding hydrogens is 248 g/mol. The predicted octanol–water partition coefficient (Wildman–Crippen LogP) is 0.530. The number of hydrogen-bond acceptors (Lipinski definition) is 4. The molecule has 0 radical (unpaired) electrons. The number of aromatic nitrogens is 4. The minimum absolute atomic E-state index is 0.132. The van der Waals surface area contributed by atoms with Crippen molar-refractivity contribution in [3.05, 3.63) is 26.7 Å². The van der Waals surface area contributed by atoms with Crippen LogP contribution in [0.15, 0.2) is 9.59 Å². The summed E-state index contributed by atoms with van der Waals surface area (Å²) in [6.07, 6.45) is 0.839. The van der Waals surface area contributed by atoms with Gasteiger partial charge in [0, 0.05) is 13.2 Å². The van der Waals surface area contributed by atoms with Crippen molar-refractivity contribution >= 4 is 11.2 Å². The molecule has 2 aromatic rings. The number of H-pyrrole nitrogens is 2. The van der Waals surface area contributed by atoms with E-state index in [2.05, 4.69) is 21.9 Å². The zero-order valence-corrected chi connectivity index (χ0v) is 10.9. The Morgan fingerprint density at radius 2 is 2.21 bits per heavy atom. The zero-order valence-electron chi connectivity index (χ0n) is 10.9. The summed E-state index contributed by atoms with van der Waals surface area (Å²) >= 11 is 0. The fourth-order valence-corrected chi connectivity index (χ4v) is 2.53. The van der Waals surface area contributed by atoms with E-state index in [4.69, 9.17) is 4.74 Å². The molecule has 0 amide bonds. The molecule has 1 fully saturated rings. The minimum Gasteiger partial charge on any atom is -0.370 e. The lowest BCUT2D eigenvalue weighted by Crippen LogP contribution is -2.29. The highest BCUT2D eigenvalue weighted by atomic mass is 16.5. The maximum atomic E-state index is 11.8. The van der Waals surface area contributed by atoms with Gasteiger partial charge in [-0.15, -0.1) is 0 Å². The van der Waals surface area contributed by atoms with Crippen molar-refractivity contribution in [1.29, 1.82) is 0 Å². The second kappa shape index (κ2) is 4.34. The topological polar surface area (TPSA) is 92.8 Å². The molecule has 2 atom stereocenters. The van der Waals surface area contributed by atoms with Gasteiger partial charge in [-0.3, -0.25) is 14.3 Å². The number of imidazole rings is 1. The van der Waals surface area contributed by atoms with Crippen LogP contribution in [0.5, 0.6) is 0 Å². The van der Waals surface area contributed by atoms with Crippen molar-refractivity contribution in [1.82, 2.24) is 19.5 Å². The van der Waals surface area contributed by atoms with Crippen molar-refractivity contribution in [3.63, 3.8) is 0 Å². The molecule has 0 aliphatic carbocycles. The highest BCUT2D eigenvalue weighted by molar-refractivity contribution is 5.69. The highest BCUT2D eigenvalue weighted by Crippen LogP contribution is 2.32. The summed E-state index contributed by atoms with van der Waals surface area (Å²) in [5, 5.41) is 0. The highest BCUT2D eigenvalue weighted by Gasteiger charge is 2.29. The Morgan fingerprint density at radius 1 is 1.42 bits per heavy atom. The van der Waals surface area contributed by atoms with Gasteiger partial charge in [-0.25, -0.2) is 9.78 Å². The monoisotopic (exact) mass is 264 g/mol. The first kappa shape index (κ1) is 12.2. The van der Waals surface area contributed by atoms with E-state index in [0.717, 1.165) is 6.42 Å². The summed E-state index contributed by atoms with van der Waals surface area (Å²) in [5.41, 5.74) is -0.138. The van der Waals surface area contributed by atoms with E-state index in [9.17, 15) is 9.59 Å². The van der Waals surface area contributed by atoms with Crippen LogP contribution < -0.4 is 11.2 Å². The Morgan fingerprint density at radius 3 is 2.84 bits per heavy atom. The van der Waals surface area contributed by atoms with Gasteiger partial charge in [-0.2, -0.15) is 0 Å². The molecule has 1 aliphatic heterocycles. The third-order valence-electron chi connectivity index (χ3n) is 3.62.